The summed E-state index contributed by atoms with van der Waals surface area (Å²) in [6, 6.07) is 5.91. The van der Waals surface area contributed by atoms with Gasteiger partial charge < -0.3 is 5.73 Å². The molecule has 0 aliphatic rings. The van der Waals surface area contributed by atoms with E-state index in [1.54, 1.807) is 4.68 Å². The summed E-state index contributed by atoms with van der Waals surface area (Å²) >= 11 is 6.89. The number of nitrogens with zero attached hydrogens (tertiary/aromatic N) is 2. The molecule has 0 saturated carbocycles. The Labute approximate surface area is 105 Å². The van der Waals surface area contributed by atoms with Gasteiger partial charge in [-0.25, -0.2) is 4.68 Å². The predicted octanol–water partition coefficient (Wildman–Crippen LogP) is 3.29. The summed E-state index contributed by atoms with van der Waals surface area (Å²) in [7, 11) is 0. The van der Waals surface area contributed by atoms with E-state index >= 15 is 0 Å². The quantitative estimate of drug-likeness (QED) is 0.872. The minimum absolute atomic E-state index is 0.560. The van der Waals surface area contributed by atoms with E-state index in [9.17, 15) is 0 Å². The molecule has 0 atom stereocenters. The Hall–Kier alpha value is -0.810. The maximum absolute atomic E-state index is 5.70. The van der Waals surface area contributed by atoms with Crippen LogP contribution in [0.2, 0.25) is 0 Å². The molecule has 1 aromatic carbocycles. The molecule has 0 aliphatic carbocycles. The Morgan fingerprint density at radius 1 is 1.33 bits per heavy atom. The zero-order valence-electron chi connectivity index (χ0n) is 8.04. The lowest BCUT2D eigenvalue weighted by atomic mass is 10.3. The number of nitrogens with two attached hydrogens (primary N) is 1. The zero-order valence-corrected chi connectivity index (χ0v) is 11.2. The van der Waals surface area contributed by atoms with Crippen molar-refractivity contribution in [2.45, 2.75) is 6.92 Å². The van der Waals surface area contributed by atoms with Crippen molar-refractivity contribution in [1.29, 1.82) is 0 Å². The number of aromatic nitrogens is 2. The van der Waals surface area contributed by atoms with Crippen LogP contribution in [0.25, 0.3) is 5.69 Å². The second-order valence-electron chi connectivity index (χ2n) is 3.24. The van der Waals surface area contributed by atoms with Gasteiger partial charge in [0.2, 0.25) is 0 Å². The van der Waals surface area contributed by atoms with Gasteiger partial charge in [-0.3, -0.25) is 0 Å². The maximum Gasteiger partial charge on any atom is 0.148 e. The number of aryl methyl sites for hydroxylation is 1. The van der Waals surface area contributed by atoms with E-state index < -0.39 is 0 Å². The van der Waals surface area contributed by atoms with Crippen molar-refractivity contribution in [2.75, 3.05) is 5.73 Å². The Morgan fingerprint density at radius 3 is 2.60 bits per heavy atom. The first kappa shape index (κ1) is 10.7. The molecule has 1 heterocycles. The van der Waals surface area contributed by atoms with E-state index in [0.29, 0.717) is 5.82 Å². The van der Waals surface area contributed by atoms with E-state index in [2.05, 4.69) is 37.0 Å². The fourth-order valence-electron chi connectivity index (χ4n) is 1.26. The predicted molar refractivity (Wildman–Crippen MR) is 68.1 cm³/mol. The lowest BCUT2D eigenvalue weighted by Gasteiger charge is -2.04. The standard InChI is InChI=1S/C10H9Br2N3/c1-6-5-15(14-10(6)13)9-3-2-7(11)4-8(9)12/h2-5H,1H3,(H2,13,14). The van der Waals surface area contributed by atoms with Gasteiger partial charge in [-0.1, -0.05) is 15.9 Å². The van der Waals surface area contributed by atoms with Crippen LogP contribution in [0.3, 0.4) is 0 Å². The first-order valence-corrected chi connectivity index (χ1v) is 5.93. The highest BCUT2D eigenvalue weighted by Crippen LogP contribution is 2.25. The van der Waals surface area contributed by atoms with Crippen LogP contribution in [0.15, 0.2) is 33.3 Å². The van der Waals surface area contributed by atoms with Crippen molar-refractivity contribution in [1.82, 2.24) is 9.78 Å². The van der Waals surface area contributed by atoms with Gasteiger partial charge in [-0.2, -0.15) is 5.10 Å². The molecule has 0 aliphatic heterocycles. The van der Waals surface area contributed by atoms with Crippen LogP contribution < -0.4 is 5.73 Å². The zero-order chi connectivity index (χ0) is 11.0. The molecular weight excluding hydrogens is 322 g/mol. The van der Waals surface area contributed by atoms with Crippen molar-refractivity contribution < 1.29 is 0 Å². The number of nitrogen functional groups attached to an aromatic ring is 1. The van der Waals surface area contributed by atoms with Gasteiger partial charge >= 0.3 is 0 Å². The molecule has 2 aromatic rings. The topological polar surface area (TPSA) is 43.8 Å². The number of rotatable bonds is 1. The van der Waals surface area contributed by atoms with Crippen LogP contribution in [0.1, 0.15) is 5.56 Å². The number of hydrogen-bond donors (Lipinski definition) is 1. The SMILES string of the molecule is Cc1cn(-c2ccc(Br)cc2Br)nc1N. The average Bonchev–Trinajstić information content (AvgIpc) is 2.46. The molecule has 15 heavy (non-hydrogen) atoms. The summed E-state index contributed by atoms with van der Waals surface area (Å²) in [5.74, 6) is 0.560. The largest absolute Gasteiger partial charge is 0.382 e. The second-order valence-corrected chi connectivity index (χ2v) is 5.01. The molecule has 78 valence electrons. The molecule has 1 aromatic heterocycles. The highest BCUT2D eigenvalue weighted by atomic mass is 79.9. The molecular formula is C10H9Br2N3. The summed E-state index contributed by atoms with van der Waals surface area (Å²) in [5, 5.41) is 4.22. The third kappa shape index (κ3) is 2.08. The molecule has 5 heteroatoms. The second kappa shape index (κ2) is 3.98. The van der Waals surface area contributed by atoms with Crippen LogP contribution in [0.5, 0.6) is 0 Å². The first-order chi connectivity index (χ1) is 7.08. The van der Waals surface area contributed by atoms with Gasteiger partial charge in [0.25, 0.3) is 0 Å². The van der Waals surface area contributed by atoms with E-state index in [1.165, 1.54) is 0 Å². The molecule has 3 nitrogen and oxygen atoms in total. The fraction of sp³-hybridized carbons (Fsp3) is 0.100. The molecule has 0 fully saturated rings. The molecule has 0 saturated heterocycles. The van der Waals surface area contributed by atoms with Crippen LogP contribution in [0.4, 0.5) is 5.82 Å². The molecule has 2 N–H and O–H groups in total. The Bertz CT molecular complexity index is 486. The van der Waals surface area contributed by atoms with E-state index in [0.717, 1.165) is 20.2 Å². The van der Waals surface area contributed by atoms with Crippen LogP contribution in [0, 0.1) is 6.92 Å². The minimum Gasteiger partial charge on any atom is -0.382 e. The van der Waals surface area contributed by atoms with Gasteiger partial charge in [-0.05, 0) is 41.1 Å². The Kier molecular flexibility index (Phi) is 2.84. The van der Waals surface area contributed by atoms with Gasteiger partial charge in [-0.15, -0.1) is 0 Å². The van der Waals surface area contributed by atoms with Gasteiger partial charge in [0.05, 0.1) is 5.69 Å². The minimum atomic E-state index is 0.560. The monoisotopic (exact) mass is 329 g/mol. The summed E-state index contributed by atoms with van der Waals surface area (Å²) in [4.78, 5) is 0. The third-order valence-electron chi connectivity index (χ3n) is 2.09. The molecule has 0 amide bonds. The van der Waals surface area contributed by atoms with Crippen LogP contribution in [-0.2, 0) is 0 Å². The Morgan fingerprint density at radius 2 is 2.07 bits per heavy atom. The van der Waals surface area contributed by atoms with E-state index in [1.807, 2.05) is 31.3 Å². The summed E-state index contributed by atoms with van der Waals surface area (Å²) in [6.45, 7) is 1.94. The van der Waals surface area contributed by atoms with Crippen LogP contribution in [-0.4, -0.2) is 9.78 Å². The average molecular weight is 331 g/mol. The normalized spacial score (nSPS) is 10.6. The molecule has 0 bridgehead atoms. The highest BCUT2D eigenvalue weighted by Gasteiger charge is 2.06. The van der Waals surface area contributed by atoms with Crippen molar-refractivity contribution in [3.63, 3.8) is 0 Å². The third-order valence-corrected chi connectivity index (χ3v) is 3.22. The van der Waals surface area contributed by atoms with Gasteiger partial charge in [0.15, 0.2) is 0 Å². The number of hydrogen-bond acceptors (Lipinski definition) is 2. The highest BCUT2D eigenvalue weighted by molar-refractivity contribution is 9.11. The van der Waals surface area contributed by atoms with Crippen molar-refractivity contribution in [3.05, 3.63) is 38.9 Å². The number of anilines is 1. The number of halogens is 2. The van der Waals surface area contributed by atoms with Crippen LogP contribution >= 0.6 is 31.9 Å². The van der Waals surface area contributed by atoms with Gasteiger partial charge in [0, 0.05) is 20.7 Å². The van der Waals surface area contributed by atoms with Gasteiger partial charge in [0.1, 0.15) is 5.82 Å². The molecule has 0 spiro atoms. The molecule has 0 unspecified atom stereocenters. The lowest BCUT2D eigenvalue weighted by Crippen LogP contribution is -1.97. The number of benzene rings is 1. The maximum atomic E-state index is 5.70. The summed E-state index contributed by atoms with van der Waals surface area (Å²) in [5.41, 5.74) is 7.65. The Balaban J connectivity index is 2.54. The smallest absolute Gasteiger partial charge is 0.148 e. The van der Waals surface area contributed by atoms with Crippen molar-refractivity contribution in [3.8, 4) is 5.69 Å². The van der Waals surface area contributed by atoms with Crippen molar-refractivity contribution in [2.24, 2.45) is 0 Å². The van der Waals surface area contributed by atoms with E-state index in [-0.39, 0.29) is 0 Å². The summed E-state index contributed by atoms with van der Waals surface area (Å²) < 4.78 is 3.76. The summed E-state index contributed by atoms with van der Waals surface area (Å²) in [6.07, 6.45) is 1.91. The molecule has 0 radical (unpaired) electrons. The fourth-order valence-corrected chi connectivity index (χ4v) is 2.49. The molecule has 2 rings (SSSR count). The van der Waals surface area contributed by atoms with Crippen molar-refractivity contribution >= 4 is 37.7 Å². The lowest BCUT2D eigenvalue weighted by molar-refractivity contribution is 0.880. The van der Waals surface area contributed by atoms with E-state index in [4.69, 9.17) is 5.73 Å². The first-order valence-electron chi connectivity index (χ1n) is 4.35.